The second-order valence-electron chi connectivity index (χ2n) is 4.09. The largest absolute Gasteiger partial charge is 0.463 e. The van der Waals surface area contributed by atoms with Crippen LogP contribution in [0.3, 0.4) is 0 Å². The van der Waals surface area contributed by atoms with Crippen LogP contribution in [0.5, 0.6) is 5.75 Å². The molecule has 2 heterocycles. The summed E-state index contributed by atoms with van der Waals surface area (Å²) in [5, 5.41) is 7.90. The zero-order valence-electron chi connectivity index (χ0n) is 10.5. The molecule has 1 aromatic rings. The summed E-state index contributed by atoms with van der Waals surface area (Å²) in [6.07, 6.45) is 8.48. The Balaban J connectivity index is 1.84. The summed E-state index contributed by atoms with van der Waals surface area (Å²) in [5.74, 6) is 0.614. The molecule has 0 fully saturated rings. The summed E-state index contributed by atoms with van der Waals surface area (Å²) in [7, 11) is 0. The van der Waals surface area contributed by atoms with Crippen molar-refractivity contribution in [3.63, 3.8) is 0 Å². The third-order valence-corrected chi connectivity index (χ3v) is 3.17. The number of benzene rings is 1. The minimum Gasteiger partial charge on any atom is -0.463 e. The van der Waals surface area contributed by atoms with Crippen LogP contribution in [0.15, 0.2) is 60.1 Å². The molecule has 0 aliphatic carbocycles. The molecule has 0 bridgehead atoms. The average Bonchev–Trinajstić information content (AvgIpc) is 2.84. The summed E-state index contributed by atoms with van der Waals surface area (Å²) < 4.78 is 5.64. The maximum Gasteiger partial charge on any atom is 0.156 e. The van der Waals surface area contributed by atoms with E-state index in [2.05, 4.69) is 27.8 Å². The molecule has 0 spiro atoms. The van der Waals surface area contributed by atoms with Crippen LogP contribution in [0.4, 0.5) is 0 Å². The van der Waals surface area contributed by atoms with Gasteiger partial charge in [0.05, 0.1) is 12.5 Å². The van der Waals surface area contributed by atoms with Crippen molar-refractivity contribution in [1.29, 1.82) is 0 Å². The van der Waals surface area contributed by atoms with Crippen molar-refractivity contribution in [1.82, 2.24) is 15.2 Å². The molecule has 0 saturated carbocycles. The zero-order chi connectivity index (χ0) is 13.8. The van der Waals surface area contributed by atoms with Gasteiger partial charge in [0.1, 0.15) is 5.69 Å². The Bertz CT molecular complexity index is 730. The smallest absolute Gasteiger partial charge is 0.156 e. The lowest BCUT2D eigenvalue weighted by atomic mass is 10.2. The van der Waals surface area contributed by atoms with Crippen LogP contribution in [-0.4, -0.2) is 15.2 Å². The Kier molecular flexibility index (Phi) is 3.60. The summed E-state index contributed by atoms with van der Waals surface area (Å²) in [4.78, 5) is 4.99. The number of aromatic nitrogens is 3. The molecule has 0 atom stereocenters. The topological polar surface area (TPSA) is 47.9 Å². The van der Waals surface area contributed by atoms with Crippen molar-refractivity contribution in [2.24, 2.45) is 0 Å². The van der Waals surface area contributed by atoms with E-state index in [-0.39, 0.29) is 0 Å². The first-order valence-electron chi connectivity index (χ1n) is 6.01. The van der Waals surface area contributed by atoms with Crippen LogP contribution in [-0.2, 0) is 0 Å². The van der Waals surface area contributed by atoms with Gasteiger partial charge in [-0.3, -0.25) is 4.98 Å². The first kappa shape index (κ1) is 12.6. The van der Waals surface area contributed by atoms with Crippen molar-refractivity contribution in [3.8, 4) is 17.0 Å². The lowest BCUT2D eigenvalue weighted by Crippen LogP contribution is -1.85. The summed E-state index contributed by atoms with van der Waals surface area (Å²) in [6.45, 7) is 0. The van der Waals surface area contributed by atoms with Gasteiger partial charge < -0.3 is 4.74 Å². The van der Waals surface area contributed by atoms with Gasteiger partial charge in [0.15, 0.2) is 5.75 Å². The monoisotopic (exact) mass is 281 g/mol. The van der Waals surface area contributed by atoms with E-state index in [4.69, 9.17) is 4.74 Å². The lowest BCUT2D eigenvalue weighted by Gasteiger charge is -2.01. The van der Waals surface area contributed by atoms with E-state index in [1.165, 1.54) is 0 Å². The van der Waals surface area contributed by atoms with Crippen LogP contribution in [0.2, 0.25) is 0 Å². The molecule has 0 aromatic heterocycles. The van der Waals surface area contributed by atoms with Crippen molar-refractivity contribution >= 4 is 18.7 Å². The van der Waals surface area contributed by atoms with E-state index in [0.717, 1.165) is 16.0 Å². The fourth-order valence-corrected chi connectivity index (χ4v) is 2.01. The number of hydrogen-bond acceptors (Lipinski definition) is 5. The van der Waals surface area contributed by atoms with Gasteiger partial charge in [-0.1, -0.05) is 18.2 Å². The zero-order valence-corrected chi connectivity index (χ0v) is 11.4. The van der Waals surface area contributed by atoms with Crippen LogP contribution < -0.4 is 4.74 Å². The van der Waals surface area contributed by atoms with Gasteiger partial charge in [0.25, 0.3) is 0 Å². The molecule has 4 nitrogen and oxygen atoms in total. The van der Waals surface area contributed by atoms with Gasteiger partial charge in [0, 0.05) is 28.9 Å². The summed E-state index contributed by atoms with van der Waals surface area (Å²) in [5.41, 5.74) is 2.51. The molecule has 2 aliphatic heterocycles. The van der Waals surface area contributed by atoms with Gasteiger partial charge in [-0.05, 0) is 17.7 Å². The molecule has 98 valence electrons. The third kappa shape index (κ3) is 2.62. The second-order valence-corrected chi connectivity index (χ2v) is 4.57. The Hall–Kier alpha value is -2.40. The van der Waals surface area contributed by atoms with Crippen LogP contribution in [0.1, 0.15) is 5.56 Å². The quantitative estimate of drug-likeness (QED) is 0.591. The maximum absolute atomic E-state index is 5.64. The van der Waals surface area contributed by atoms with Crippen molar-refractivity contribution in [2.45, 2.75) is 4.90 Å². The Labute approximate surface area is 121 Å². The fourth-order valence-electron chi connectivity index (χ4n) is 1.77. The van der Waals surface area contributed by atoms with E-state index in [1.807, 2.05) is 30.3 Å². The van der Waals surface area contributed by atoms with Crippen LogP contribution >= 0.6 is 12.6 Å². The van der Waals surface area contributed by atoms with Gasteiger partial charge in [-0.15, -0.1) is 17.7 Å². The molecular weight excluding hydrogens is 270 g/mol. The molecular formula is C15H11N3OS. The number of nitrogens with zero attached hydrogens (tertiary/aromatic N) is 3. The number of ether oxygens (including phenoxy) is 1. The third-order valence-electron chi connectivity index (χ3n) is 2.77. The number of thiol groups is 1. The maximum atomic E-state index is 5.64. The highest BCUT2D eigenvalue weighted by atomic mass is 32.1. The first-order chi connectivity index (χ1) is 9.84. The summed E-state index contributed by atoms with van der Waals surface area (Å²) in [6, 6.07) is 9.54. The molecule has 20 heavy (non-hydrogen) atoms. The van der Waals surface area contributed by atoms with Gasteiger partial charge in [-0.2, -0.15) is 5.10 Å². The van der Waals surface area contributed by atoms with Crippen molar-refractivity contribution < 1.29 is 4.74 Å². The molecule has 1 aromatic carbocycles. The number of hydrogen-bond donors (Lipinski definition) is 1. The van der Waals surface area contributed by atoms with E-state index in [9.17, 15) is 0 Å². The SMILES string of the molecule is Sc1ccccc1/C=C/Oc1ccncc2cnnc1-2. The molecule has 0 saturated heterocycles. The molecule has 0 amide bonds. The summed E-state index contributed by atoms with van der Waals surface area (Å²) >= 11 is 4.38. The predicted octanol–water partition coefficient (Wildman–Crippen LogP) is 3.31. The normalized spacial score (nSPS) is 11.1. The van der Waals surface area contributed by atoms with E-state index in [1.54, 1.807) is 30.9 Å². The highest BCUT2D eigenvalue weighted by Crippen LogP contribution is 2.27. The van der Waals surface area contributed by atoms with E-state index < -0.39 is 0 Å². The highest BCUT2D eigenvalue weighted by Gasteiger charge is 2.09. The molecule has 3 rings (SSSR count). The Morgan fingerprint density at radius 2 is 2.00 bits per heavy atom. The molecule has 2 aliphatic rings. The Morgan fingerprint density at radius 3 is 2.90 bits per heavy atom. The Morgan fingerprint density at radius 1 is 1.10 bits per heavy atom. The minimum absolute atomic E-state index is 0.614. The molecule has 0 radical (unpaired) electrons. The predicted molar refractivity (Wildman–Crippen MR) is 79.8 cm³/mol. The van der Waals surface area contributed by atoms with Crippen molar-refractivity contribution in [2.75, 3.05) is 0 Å². The highest BCUT2D eigenvalue weighted by molar-refractivity contribution is 7.80. The average molecular weight is 281 g/mol. The lowest BCUT2D eigenvalue weighted by molar-refractivity contribution is 0.485. The van der Waals surface area contributed by atoms with Crippen molar-refractivity contribution in [3.05, 3.63) is 60.7 Å². The number of rotatable bonds is 3. The van der Waals surface area contributed by atoms with E-state index >= 15 is 0 Å². The van der Waals surface area contributed by atoms with Gasteiger partial charge in [0.2, 0.25) is 0 Å². The second kappa shape index (κ2) is 5.71. The molecule has 0 N–H and O–H groups in total. The van der Waals surface area contributed by atoms with Gasteiger partial charge in [-0.25, -0.2) is 0 Å². The fraction of sp³-hybridized carbons (Fsp3) is 0. The van der Waals surface area contributed by atoms with Crippen LogP contribution in [0, 0.1) is 0 Å². The van der Waals surface area contributed by atoms with E-state index in [0.29, 0.717) is 11.4 Å². The first-order valence-corrected chi connectivity index (χ1v) is 6.46. The van der Waals surface area contributed by atoms with Gasteiger partial charge >= 0.3 is 0 Å². The number of fused-ring (bicyclic) bond motifs is 1. The molecule has 5 heteroatoms. The standard InChI is InChI=1S/C15H11N3OS/c20-14-4-2-1-3-11(14)6-8-19-13-5-7-16-9-12-10-17-18-15(12)13/h1-10,20H/b8-6+. The van der Waals surface area contributed by atoms with Crippen LogP contribution in [0.25, 0.3) is 17.3 Å². The minimum atomic E-state index is 0.614. The molecule has 0 unspecified atom stereocenters.